The standard InChI is InChI=1S/C15H22BrIO2/c1-14(2,3)18-9-10-19-15(4,11-17)12-7-5-6-8-13(12)16/h5-8H,9-11H2,1-4H3. The van der Waals surface area contributed by atoms with Gasteiger partial charge in [-0.1, -0.05) is 56.7 Å². The zero-order valence-electron chi connectivity index (χ0n) is 12.0. The van der Waals surface area contributed by atoms with Gasteiger partial charge in [0.15, 0.2) is 0 Å². The van der Waals surface area contributed by atoms with Gasteiger partial charge in [0.25, 0.3) is 0 Å². The Kier molecular flexibility index (Phi) is 6.76. The smallest absolute Gasteiger partial charge is 0.100 e. The van der Waals surface area contributed by atoms with Crippen molar-refractivity contribution in [3.8, 4) is 0 Å². The molecule has 0 radical (unpaired) electrons. The number of hydrogen-bond acceptors (Lipinski definition) is 2. The van der Waals surface area contributed by atoms with E-state index < -0.39 is 0 Å². The van der Waals surface area contributed by atoms with Gasteiger partial charge in [-0.05, 0) is 39.3 Å². The lowest BCUT2D eigenvalue weighted by molar-refractivity contribution is -0.0784. The molecule has 0 amide bonds. The van der Waals surface area contributed by atoms with Crippen molar-refractivity contribution in [2.75, 3.05) is 17.6 Å². The van der Waals surface area contributed by atoms with Crippen molar-refractivity contribution in [2.45, 2.75) is 38.9 Å². The highest BCUT2D eigenvalue weighted by Gasteiger charge is 2.28. The van der Waals surface area contributed by atoms with Gasteiger partial charge in [0.05, 0.1) is 18.8 Å². The zero-order chi connectivity index (χ0) is 14.5. The van der Waals surface area contributed by atoms with E-state index >= 15 is 0 Å². The molecule has 1 aromatic rings. The van der Waals surface area contributed by atoms with E-state index in [1.165, 1.54) is 5.56 Å². The van der Waals surface area contributed by atoms with Crippen LogP contribution >= 0.6 is 38.5 Å². The van der Waals surface area contributed by atoms with Gasteiger partial charge in [-0.3, -0.25) is 0 Å². The van der Waals surface area contributed by atoms with Gasteiger partial charge in [-0.15, -0.1) is 0 Å². The third-order valence-electron chi connectivity index (χ3n) is 2.74. The number of alkyl halides is 1. The van der Waals surface area contributed by atoms with Crippen molar-refractivity contribution in [2.24, 2.45) is 0 Å². The van der Waals surface area contributed by atoms with E-state index in [0.29, 0.717) is 13.2 Å². The minimum atomic E-state index is -0.290. The van der Waals surface area contributed by atoms with Crippen molar-refractivity contribution in [1.29, 1.82) is 0 Å². The summed E-state index contributed by atoms with van der Waals surface area (Å²) in [5.74, 6) is 0. The first-order valence-corrected chi connectivity index (χ1v) is 8.69. The molecule has 1 atom stereocenters. The first-order valence-electron chi connectivity index (χ1n) is 6.37. The van der Waals surface area contributed by atoms with E-state index in [1.807, 2.05) is 12.1 Å². The van der Waals surface area contributed by atoms with Crippen LogP contribution in [0.25, 0.3) is 0 Å². The van der Waals surface area contributed by atoms with Crippen LogP contribution in [0.15, 0.2) is 28.7 Å². The summed E-state index contributed by atoms with van der Waals surface area (Å²) in [5, 5.41) is 0. The van der Waals surface area contributed by atoms with Crippen molar-refractivity contribution in [3.05, 3.63) is 34.3 Å². The summed E-state index contributed by atoms with van der Waals surface area (Å²) >= 11 is 5.97. The normalized spacial score (nSPS) is 15.3. The highest BCUT2D eigenvalue weighted by atomic mass is 127. The number of benzene rings is 1. The first kappa shape index (κ1) is 17.4. The van der Waals surface area contributed by atoms with Gasteiger partial charge in [0.1, 0.15) is 5.60 Å². The predicted octanol–water partition coefficient (Wildman–Crippen LogP) is 4.93. The van der Waals surface area contributed by atoms with E-state index in [2.05, 4.69) is 78.3 Å². The van der Waals surface area contributed by atoms with E-state index in [1.54, 1.807) is 0 Å². The Hall–Kier alpha value is 0.350. The Morgan fingerprint density at radius 3 is 2.16 bits per heavy atom. The van der Waals surface area contributed by atoms with Crippen LogP contribution in [0.4, 0.5) is 0 Å². The van der Waals surface area contributed by atoms with Gasteiger partial charge in [0.2, 0.25) is 0 Å². The maximum absolute atomic E-state index is 6.08. The summed E-state index contributed by atoms with van der Waals surface area (Å²) in [7, 11) is 0. The van der Waals surface area contributed by atoms with Crippen molar-refractivity contribution >= 4 is 38.5 Å². The average molecular weight is 441 g/mol. The Morgan fingerprint density at radius 1 is 1.05 bits per heavy atom. The minimum Gasteiger partial charge on any atom is -0.373 e. The molecule has 0 aliphatic heterocycles. The molecule has 108 valence electrons. The fraction of sp³-hybridized carbons (Fsp3) is 0.600. The Balaban J connectivity index is 2.64. The maximum atomic E-state index is 6.08. The van der Waals surface area contributed by atoms with Crippen LogP contribution in [0.5, 0.6) is 0 Å². The molecule has 0 aromatic heterocycles. The molecular formula is C15H22BrIO2. The molecule has 1 aromatic carbocycles. The van der Waals surface area contributed by atoms with E-state index in [-0.39, 0.29) is 11.2 Å². The van der Waals surface area contributed by atoms with Gasteiger partial charge in [-0.2, -0.15) is 0 Å². The third kappa shape index (κ3) is 5.69. The summed E-state index contributed by atoms with van der Waals surface area (Å²) in [6.45, 7) is 9.49. The fourth-order valence-corrected chi connectivity index (χ4v) is 3.03. The Morgan fingerprint density at radius 2 is 1.63 bits per heavy atom. The largest absolute Gasteiger partial charge is 0.373 e. The molecule has 0 N–H and O–H groups in total. The summed E-state index contributed by atoms with van der Waals surface area (Å²) in [6, 6.07) is 8.21. The average Bonchev–Trinajstić information content (AvgIpc) is 2.34. The van der Waals surface area contributed by atoms with Gasteiger partial charge >= 0.3 is 0 Å². The van der Waals surface area contributed by atoms with Crippen LogP contribution in [0.3, 0.4) is 0 Å². The number of ether oxygens (including phenoxy) is 2. The monoisotopic (exact) mass is 440 g/mol. The minimum absolute atomic E-state index is 0.114. The second-order valence-electron chi connectivity index (χ2n) is 5.65. The molecule has 0 aliphatic rings. The Labute approximate surface area is 138 Å². The lowest BCUT2D eigenvalue weighted by atomic mass is 9.98. The topological polar surface area (TPSA) is 18.5 Å². The second-order valence-corrected chi connectivity index (χ2v) is 7.27. The molecule has 0 fully saturated rings. The van der Waals surface area contributed by atoms with Crippen molar-refractivity contribution in [3.63, 3.8) is 0 Å². The summed E-state index contributed by atoms with van der Waals surface area (Å²) in [5.41, 5.74) is 0.777. The molecule has 0 saturated heterocycles. The van der Waals surface area contributed by atoms with Gasteiger partial charge in [0, 0.05) is 8.90 Å². The summed E-state index contributed by atoms with van der Waals surface area (Å²) < 4.78 is 13.8. The van der Waals surface area contributed by atoms with E-state index in [4.69, 9.17) is 9.47 Å². The molecule has 19 heavy (non-hydrogen) atoms. The highest BCUT2D eigenvalue weighted by Crippen LogP contribution is 2.33. The molecule has 0 saturated carbocycles. The second kappa shape index (κ2) is 7.38. The van der Waals surface area contributed by atoms with Crippen LogP contribution in [0, 0.1) is 0 Å². The molecule has 0 heterocycles. The summed E-state index contributed by atoms with van der Waals surface area (Å²) in [4.78, 5) is 0. The molecule has 2 nitrogen and oxygen atoms in total. The van der Waals surface area contributed by atoms with Crippen LogP contribution in [-0.4, -0.2) is 23.2 Å². The van der Waals surface area contributed by atoms with Gasteiger partial charge < -0.3 is 9.47 Å². The molecular weight excluding hydrogens is 419 g/mol. The van der Waals surface area contributed by atoms with E-state index in [9.17, 15) is 0 Å². The number of halogens is 2. The van der Waals surface area contributed by atoms with Crippen LogP contribution < -0.4 is 0 Å². The van der Waals surface area contributed by atoms with E-state index in [0.717, 1.165) is 8.90 Å². The molecule has 1 rings (SSSR count). The van der Waals surface area contributed by atoms with Crippen LogP contribution in [-0.2, 0) is 15.1 Å². The SMILES string of the molecule is CC(C)(C)OCCOC(C)(CI)c1ccccc1Br. The molecule has 4 heteroatoms. The molecule has 1 unspecified atom stereocenters. The number of hydrogen-bond donors (Lipinski definition) is 0. The summed E-state index contributed by atoms with van der Waals surface area (Å²) in [6.07, 6.45) is 0. The van der Waals surface area contributed by atoms with Gasteiger partial charge in [-0.25, -0.2) is 0 Å². The lowest BCUT2D eigenvalue weighted by Crippen LogP contribution is -2.31. The maximum Gasteiger partial charge on any atom is 0.100 e. The van der Waals surface area contributed by atoms with Crippen LogP contribution in [0.1, 0.15) is 33.3 Å². The first-order chi connectivity index (χ1) is 8.78. The van der Waals surface area contributed by atoms with Crippen molar-refractivity contribution < 1.29 is 9.47 Å². The fourth-order valence-electron chi connectivity index (χ4n) is 1.69. The molecule has 0 spiro atoms. The van der Waals surface area contributed by atoms with Crippen molar-refractivity contribution in [1.82, 2.24) is 0 Å². The highest BCUT2D eigenvalue weighted by molar-refractivity contribution is 14.1. The predicted molar refractivity (Wildman–Crippen MR) is 92.0 cm³/mol. The third-order valence-corrected chi connectivity index (χ3v) is 4.88. The lowest BCUT2D eigenvalue weighted by Gasteiger charge is -2.30. The van der Waals surface area contributed by atoms with Crippen LogP contribution in [0.2, 0.25) is 0 Å². The Bertz CT molecular complexity index is 403. The quantitative estimate of drug-likeness (QED) is 0.354. The number of rotatable bonds is 6. The molecule has 0 bridgehead atoms. The molecule has 0 aliphatic carbocycles. The zero-order valence-corrected chi connectivity index (χ0v) is 15.7.